The highest BCUT2D eigenvalue weighted by molar-refractivity contribution is 7.81. The molecule has 1 saturated heterocycles. The fourth-order valence-corrected chi connectivity index (χ4v) is 10.4. The Morgan fingerprint density at radius 2 is 0.871 bits per heavy atom. The van der Waals surface area contributed by atoms with Gasteiger partial charge in [-0.1, -0.05) is 56.3 Å². The monoisotopic (exact) mass is 1450 g/mol. The lowest BCUT2D eigenvalue weighted by Gasteiger charge is -2.30. The van der Waals surface area contributed by atoms with Gasteiger partial charge in [0.1, 0.15) is 66.2 Å². The number of amides is 11. The summed E-state index contributed by atoms with van der Waals surface area (Å²) in [5, 5.41) is 78.3. The molecular formula is C61H83N12O27S-. The van der Waals surface area contributed by atoms with Gasteiger partial charge < -0.3 is 104 Å². The number of benzene rings is 2. The van der Waals surface area contributed by atoms with Crippen LogP contribution in [0.4, 0.5) is 0 Å². The molecule has 0 bridgehead atoms. The molecule has 0 radical (unpaired) electrons. The van der Waals surface area contributed by atoms with Crippen molar-refractivity contribution in [1.29, 1.82) is 0 Å². The Morgan fingerprint density at radius 3 is 1.29 bits per heavy atom. The lowest BCUT2D eigenvalue weighted by atomic mass is 10.00. The molecule has 1 aliphatic heterocycles. The Labute approximate surface area is 576 Å². The van der Waals surface area contributed by atoms with Gasteiger partial charge in [0, 0.05) is 51.5 Å². The van der Waals surface area contributed by atoms with E-state index in [4.69, 9.17) is 11.5 Å². The van der Waals surface area contributed by atoms with Crippen LogP contribution in [0.5, 0.6) is 5.75 Å². The summed E-state index contributed by atoms with van der Waals surface area (Å²) in [4.78, 5) is 223. The Hall–Kier alpha value is -10.9. The Kier molecular flexibility index (Phi) is 34.1. The van der Waals surface area contributed by atoms with Gasteiger partial charge in [0.05, 0.1) is 12.5 Å². The second-order valence-electron chi connectivity index (χ2n) is 23.8. The molecule has 3 rings (SSSR count). The topological polar surface area (TPSA) is 642 Å². The molecule has 1 heterocycles. The Balaban J connectivity index is 1.94. The Morgan fingerprint density at radius 1 is 0.495 bits per heavy atom. The van der Waals surface area contributed by atoms with E-state index in [9.17, 15) is 125 Å². The first-order valence-corrected chi connectivity index (χ1v) is 32.7. The lowest BCUT2D eigenvalue weighted by Crippen LogP contribution is -2.60. The van der Waals surface area contributed by atoms with E-state index in [2.05, 4.69) is 52.0 Å². The number of carboxylic acid groups (broad SMARTS) is 6. The maximum absolute atomic E-state index is 14.4. The molecule has 0 aliphatic carbocycles. The van der Waals surface area contributed by atoms with Crippen LogP contribution in [0.15, 0.2) is 54.6 Å². The number of carbonyl (C=O) groups is 17. The van der Waals surface area contributed by atoms with Gasteiger partial charge >= 0.3 is 35.8 Å². The summed E-state index contributed by atoms with van der Waals surface area (Å²) in [6.07, 6.45) is -8.97. The minimum absolute atomic E-state index is 0.0935. The van der Waals surface area contributed by atoms with Crippen molar-refractivity contribution in [1.82, 2.24) is 52.8 Å². The van der Waals surface area contributed by atoms with E-state index >= 15 is 0 Å². The molecule has 1 aliphatic rings. The standard InChI is InChI=1S/C61H84N12O27S/c1-30(2)26-41(56(90)69-40(61(95)96)15-20-45(63)74)71-58(92)43(28-33-11-13-34(14-12-33)100-101(97,98)99)72-55(89)38(18-23-48(79)80)66-54(88)39(19-24-49(81)82)68-59(93)44-10-7-25-73(44)60(94)31(3)64-52(86)36(16-21-46(75)76)65-53(87)37(17-22-47(77)78)67-57(91)42(27-32-8-5-4-6-9-32)70-51(85)35(62)29-50(83)84/h4-6,8-9,11-14,30-31,35-44H,7,10,15-29,62H2,1-3H3,(H2,63,74)(H,64,86)(H,65,87)(H,66,88)(H,67,91)(H,68,93)(H,69,90)(H,70,85)(H,71,92)(H,72,89)(H,75,76)(H,77,78)(H,79,80)(H,81,82)(H,83,84)(H,95,96)(H,97,98,99)/p-1/t31-,35-,36-,37-,38-,39-,40-,41-,42-,43-,44-/m0/s1. The number of hydrogen-bond donors (Lipinski definition) is 17. The number of nitrogens with two attached hydrogens (primary N) is 2. The van der Waals surface area contributed by atoms with E-state index in [-0.39, 0.29) is 37.8 Å². The van der Waals surface area contributed by atoms with Crippen LogP contribution in [0.1, 0.15) is 122 Å². The average Bonchev–Trinajstić information content (AvgIpc) is 1.80. The van der Waals surface area contributed by atoms with Crippen molar-refractivity contribution in [3.8, 4) is 5.75 Å². The number of hydrogen-bond acceptors (Lipinski definition) is 22. The number of nitrogens with zero attached hydrogens (tertiary/aromatic N) is 1. The molecular weight excluding hydrogens is 1360 g/mol. The molecule has 39 nitrogen and oxygen atoms in total. The van der Waals surface area contributed by atoms with Crippen molar-refractivity contribution in [2.75, 3.05) is 6.54 Å². The predicted octanol–water partition coefficient (Wildman–Crippen LogP) is -4.66. The van der Waals surface area contributed by atoms with Gasteiger partial charge in [-0.05, 0) is 87.5 Å². The molecule has 0 aromatic heterocycles. The molecule has 0 unspecified atom stereocenters. The first kappa shape index (κ1) is 84.3. The van der Waals surface area contributed by atoms with E-state index in [1.54, 1.807) is 44.2 Å². The number of likely N-dealkylation sites (tertiary alicyclic amines) is 1. The SMILES string of the molecule is CC(C)C[C@H](NC(=O)[C@H](Cc1ccc(OS(=O)(=O)[O-])cc1)NC(=O)[C@H](CCC(=O)O)NC(=O)[C@H](CCC(=O)O)NC(=O)[C@@H]1CCCN1C(=O)[C@H](C)NC(=O)[C@H](CCC(=O)O)NC(=O)[C@H](CCC(=O)O)NC(=O)[C@H](Cc1ccccc1)NC(=O)[C@@H](N)CC(=O)O)C(=O)N[C@@H](CCC(N)=O)C(=O)O. The first-order chi connectivity index (χ1) is 47.2. The van der Waals surface area contributed by atoms with Gasteiger partial charge in [0.25, 0.3) is 10.4 Å². The molecule has 11 amide bonds. The number of aliphatic carboxylic acids is 6. The molecule has 2 aromatic rings. The van der Waals surface area contributed by atoms with Crippen molar-refractivity contribution in [3.05, 3.63) is 65.7 Å². The summed E-state index contributed by atoms with van der Waals surface area (Å²) in [6.45, 7) is 4.18. The van der Waals surface area contributed by atoms with Crippen LogP contribution in [-0.4, -0.2) is 222 Å². The van der Waals surface area contributed by atoms with E-state index in [1.165, 1.54) is 0 Å². The van der Waals surface area contributed by atoms with Crippen molar-refractivity contribution in [2.24, 2.45) is 17.4 Å². The van der Waals surface area contributed by atoms with Crippen molar-refractivity contribution in [3.63, 3.8) is 0 Å². The van der Waals surface area contributed by atoms with Crippen LogP contribution in [0.3, 0.4) is 0 Å². The zero-order chi connectivity index (χ0) is 76.0. The van der Waals surface area contributed by atoms with E-state index in [1.807, 2.05) is 0 Å². The summed E-state index contributed by atoms with van der Waals surface area (Å²) in [5.74, 6) is -22.4. The van der Waals surface area contributed by atoms with Crippen LogP contribution in [0.2, 0.25) is 0 Å². The minimum Gasteiger partial charge on any atom is -0.716 e. The maximum atomic E-state index is 14.4. The smallest absolute Gasteiger partial charge is 0.326 e. The molecule has 40 heteroatoms. The van der Waals surface area contributed by atoms with Crippen LogP contribution >= 0.6 is 0 Å². The Bertz CT molecular complexity index is 3470. The summed E-state index contributed by atoms with van der Waals surface area (Å²) < 4.78 is 38.1. The largest absolute Gasteiger partial charge is 0.716 e. The average molecular weight is 1450 g/mol. The molecule has 1 fully saturated rings. The summed E-state index contributed by atoms with van der Waals surface area (Å²) in [6, 6.07) is -6.73. The van der Waals surface area contributed by atoms with Crippen molar-refractivity contribution < 1.29 is 129 Å². The van der Waals surface area contributed by atoms with Crippen LogP contribution in [-0.2, 0) is 105 Å². The van der Waals surface area contributed by atoms with Crippen molar-refractivity contribution >= 4 is 111 Å². The number of rotatable bonds is 45. The molecule has 101 heavy (non-hydrogen) atoms. The first-order valence-electron chi connectivity index (χ1n) is 31.4. The molecule has 2 aromatic carbocycles. The van der Waals surface area contributed by atoms with Gasteiger partial charge in [-0.3, -0.25) is 76.7 Å². The molecule has 11 atom stereocenters. The molecule has 0 saturated carbocycles. The second-order valence-corrected chi connectivity index (χ2v) is 24.8. The summed E-state index contributed by atoms with van der Waals surface area (Å²) in [5.41, 5.74) is 11.4. The zero-order valence-corrected chi connectivity index (χ0v) is 55.7. The molecule has 0 spiro atoms. The third-order valence-corrected chi connectivity index (χ3v) is 15.6. The van der Waals surface area contributed by atoms with Gasteiger partial charge in [-0.2, -0.15) is 0 Å². The third-order valence-electron chi connectivity index (χ3n) is 15.2. The lowest BCUT2D eigenvalue weighted by molar-refractivity contribution is -0.143. The summed E-state index contributed by atoms with van der Waals surface area (Å²) in [7, 11) is -5.28. The van der Waals surface area contributed by atoms with Crippen LogP contribution in [0, 0.1) is 5.92 Å². The van der Waals surface area contributed by atoms with Crippen molar-refractivity contribution in [2.45, 2.75) is 190 Å². The predicted molar refractivity (Wildman–Crippen MR) is 342 cm³/mol. The number of carboxylic acids is 6. The number of primary amides is 1. The van der Waals surface area contributed by atoms with Crippen LogP contribution < -0.4 is 63.5 Å². The van der Waals surface area contributed by atoms with Gasteiger partial charge in [-0.25, -0.2) is 13.2 Å². The van der Waals surface area contributed by atoms with Gasteiger partial charge in [0.15, 0.2) is 0 Å². The van der Waals surface area contributed by atoms with E-state index < -0.39 is 266 Å². The highest BCUT2D eigenvalue weighted by Crippen LogP contribution is 2.21. The molecule has 556 valence electrons. The van der Waals surface area contributed by atoms with Gasteiger partial charge in [0.2, 0.25) is 65.0 Å². The highest BCUT2D eigenvalue weighted by atomic mass is 32.3. The minimum atomic E-state index is -5.28. The fraction of sp³-hybridized carbons (Fsp3) is 0.525. The summed E-state index contributed by atoms with van der Waals surface area (Å²) >= 11 is 0. The third kappa shape index (κ3) is 31.2. The maximum Gasteiger partial charge on any atom is 0.326 e. The number of nitrogens with one attached hydrogen (secondary N) is 9. The quantitative estimate of drug-likeness (QED) is 0.0219. The zero-order valence-electron chi connectivity index (χ0n) is 54.9. The number of carbonyl (C=O) groups excluding carboxylic acids is 11. The normalized spacial score (nSPS) is 15.6. The highest BCUT2D eigenvalue weighted by Gasteiger charge is 2.41. The van der Waals surface area contributed by atoms with Crippen LogP contribution in [0.25, 0.3) is 0 Å². The van der Waals surface area contributed by atoms with Gasteiger partial charge in [-0.15, -0.1) is 0 Å². The van der Waals surface area contributed by atoms with E-state index in [0.29, 0.717) is 5.56 Å². The fourth-order valence-electron chi connectivity index (χ4n) is 10.1. The molecule has 19 N–H and O–H groups in total. The van der Waals surface area contributed by atoms with E-state index in [0.717, 1.165) is 36.1 Å². The second kappa shape index (κ2) is 40.9.